The van der Waals surface area contributed by atoms with Crippen LogP contribution in [0, 0.1) is 6.92 Å². The van der Waals surface area contributed by atoms with E-state index in [2.05, 4.69) is 0 Å². The van der Waals surface area contributed by atoms with Gasteiger partial charge < -0.3 is 10.8 Å². The van der Waals surface area contributed by atoms with Gasteiger partial charge in [0.2, 0.25) is 0 Å². The average molecular weight is 179 g/mol. The predicted octanol–water partition coefficient (Wildman–Crippen LogP) is 1.23. The second-order valence-electron chi connectivity index (χ2n) is 2.98. The minimum Gasteiger partial charge on any atom is -0.507 e. The summed E-state index contributed by atoms with van der Waals surface area (Å²) < 4.78 is 0. The number of aromatic hydroxyl groups is 1. The van der Waals surface area contributed by atoms with Crippen molar-refractivity contribution in [2.75, 3.05) is 6.54 Å². The Morgan fingerprint density at radius 1 is 1.54 bits per heavy atom. The monoisotopic (exact) mass is 179 g/mol. The molecule has 13 heavy (non-hydrogen) atoms. The van der Waals surface area contributed by atoms with Gasteiger partial charge in [-0.3, -0.25) is 4.79 Å². The Bertz CT molecular complexity index is 321. The summed E-state index contributed by atoms with van der Waals surface area (Å²) in [5.41, 5.74) is 6.58. The fourth-order valence-electron chi connectivity index (χ4n) is 1.14. The Labute approximate surface area is 77.2 Å². The van der Waals surface area contributed by atoms with Crippen LogP contribution >= 0.6 is 0 Å². The van der Waals surface area contributed by atoms with Crippen LogP contribution in [0.1, 0.15) is 22.3 Å². The largest absolute Gasteiger partial charge is 0.507 e. The summed E-state index contributed by atoms with van der Waals surface area (Å²) in [6, 6.07) is 4.96. The highest BCUT2D eigenvalue weighted by atomic mass is 16.3. The highest BCUT2D eigenvalue weighted by Crippen LogP contribution is 2.19. The fraction of sp³-hybridized carbons (Fsp3) is 0.300. The number of Topliss-reactive ketones (excluding diaryl/α,β-unsaturated/α-hetero) is 1. The Balaban J connectivity index is 2.99. The normalized spacial score (nSPS) is 10.0. The standard InChI is InChI=1S/C10H13NO2/c1-7-2-3-9(12)8(6-7)10(13)4-5-11/h2-3,6,12H,4-5,11H2,1H3. The smallest absolute Gasteiger partial charge is 0.167 e. The molecule has 0 heterocycles. The van der Waals surface area contributed by atoms with E-state index < -0.39 is 0 Å². The topological polar surface area (TPSA) is 63.3 Å². The van der Waals surface area contributed by atoms with E-state index in [0.29, 0.717) is 12.1 Å². The van der Waals surface area contributed by atoms with Crippen LogP contribution in [0.5, 0.6) is 5.75 Å². The van der Waals surface area contributed by atoms with Gasteiger partial charge in [-0.15, -0.1) is 0 Å². The first-order valence-electron chi connectivity index (χ1n) is 4.18. The summed E-state index contributed by atoms with van der Waals surface area (Å²) >= 11 is 0. The van der Waals surface area contributed by atoms with Crippen molar-refractivity contribution in [2.24, 2.45) is 5.73 Å². The summed E-state index contributed by atoms with van der Waals surface area (Å²) in [7, 11) is 0. The molecule has 0 aliphatic rings. The lowest BCUT2D eigenvalue weighted by molar-refractivity contribution is 0.0983. The van der Waals surface area contributed by atoms with Gasteiger partial charge in [0.25, 0.3) is 0 Å². The number of hydrogen-bond donors (Lipinski definition) is 2. The molecular weight excluding hydrogens is 166 g/mol. The van der Waals surface area contributed by atoms with Crippen molar-refractivity contribution in [3.8, 4) is 5.75 Å². The first-order valence-corrected chi connectivity index (χ1v) is 4.18. The summed E-state index contributed by atoms with van der Waals surface area (Å²) in [6.07, 6.45) is 0.275. The molecule has 0 aliphatic heterocycles. The van der Waals surface area contributed by atoms with Crippen LogP contribution in [0.4, 0.5) is 0 Å². The van der Waals surface area contributed by atoms with Crippen molar-refractivity contribution in [1.82, 2.24) is 0 Å². The van der Waals surface area contributed by atoms with Gasteiger partial charge in [-0.1, -0.05) is 11.6 Å². The van der Waals surface area contributed by atoms with Crippen LogP contribution in [0.25, 0.3) is 0 Å². The molecule has 0 amide bonds. The molecule has 1 aromatic carbocycles. The number of carbonyl (C=O) groups excluding carboxylic acids is 1. The molecule has 0 saturated heterocycles. The van der Waals surface area contributed by atoms with Crippen LogP contribution in [0.15, 0.2) is 18.2 Å². The van der Waals surface area contributed by atoms with Crippen molar-refractivity contribution in [3.05, 3.63) is 29.3 Å². The van der Waals surface area contributed by atoms with E-state index in [1.165, 1.54) is 6.07 Å². The van der Waals surface area contributed by atoms with Crippen molar-refractivity contribution in [3.63, 3.8) is 0 Å². The number of phenolic OH excluding ortho intramolecular Hbond substituents is 1. The lowest BCUT2D eigenvalue weighted by Crippen LogP contribution is -2.08. The fourth-order valence-corrected chi connectivity index (χ4v) is 1.14. The maximum atomic E-state index is 11.4. The third-order valence-corrected chi connectivity index (χ3v) is 1.82. The van der Waals surface area contributed by atoms with Gasteiger partial charge >= 0.3 is 0 Å². The molecule has 3 nitrogen and oxygen atoms in total. The van der Waals surface area contributed by atoms with E-state index in [1.54, 1.807) is 12.1 Å². The molecule has 3 N–H and O–H groups in total. The number of carbonyl (C=O) groups is 1. The van der Waals surface area contributed by atoms with E-state index in [4.69, 9.17) is 5.73 Å². The van der Waals surface area contributed by atoms with Crippen molar-refractivity contribution < 1.29 is 9.90 Å². The lowest BCUT2D eigenvalue weighted by atomic mass is 10.0. The zero-order valence-corrected chi connectivity index (χ0v) is 7.58. The summed E-state index contributed by atoms with van der Waals surface area (Å²) in [6.45, 7) is 2.19. The molecule has 1 aromatic rings. The molecule has 0 fully saturated rings. The van der Waals surface area contributed by atoms with Gasteiger partial charge in [0.15, 0.2) is 5.78 Å². The molecule has 70 valence electrons. The number of hydrogen-bond acceptors (Lipinski definition) is 3. The van der Waals surface area contributed by atoms with Crippen LogP contribution in [-0.4, -0.2) is 17.4 Å². The maximum Gasteiger partial charge on any atom is 0.167 e. The molecular formula is C10H13NO2. The zero-order chi connectivity index (χ0) is 9.84. The predicted molar refractivity (Wildman–Crippen MR) is 50.8 cm³/mol. The van der Waals surface area contributed by atoms with E-state index >= 15 is 0 Å². The van der Waals surface area contributed by atoms with Gasteiger partial charge in [0.1, 0.15) is 5.75 Å². The van der Waals surface area contributed by atoms with Gasteiger partial charge in [0, 0.05) is 6.42 Å². The summed E-state index contributed by atoms with van der Waals surface area (Å²) in [4.78, 5) is 11.4. The zero-order valence-electron chi connectivity index (χ0n) is 7.58. The molecule has 0 aromatic heterocycles. The van der Waals surface area contributed by atoms with Gasteiger partial charge in [-0.25, -0.2) is 0 Å². The maximum absolute atomic E-state index is 11.4. The number of nitrogens with two attached hydrogens (primary N) is 1. The summed E-state index contributed by atoms with van der Waals surface area (Å²) in [5, 5.41) is 9.37. The molecule has 0 saturated carbocycles. The van der Waals surface area contributed by atoms with E-state index in [0.717, 1.165) is 5.56 Å². The van der Waals surface area contributed by atoms with E-state index in [-0.39, 0.29) is 18.0 Å². The molecule has 1 rings (SSSR count). The highest BCUT2D eigenvalue weighted by molar-refractivity contribution is 5.98. The van der Waals surface area contributed by atoms with Crippen molar-refractivity contribution >= 4 is 5.78 Å². The first kappa shape index (κ1) is 9.74. The molecule has 0 aliphatic carbocycles. The van der Waals surface area contributed by atoms with Crippen molar-refractivity contribution in [2.45, 2.75) is 13.3 Å². The average Bonchev–Trinajstić information content (AvgIpc) is 2.09. The SMILES string of the molecule is Cc1ccc(O)c(C(=O)CCN)c1. The lowest BCUT2D eigenvalue weighted by Gasteiger charge is -2.03. The molecule has 0 radical (unpaired) electrons. The molecule has 3 heteroatoms. The number of rotatable bonds is 3. The first-order chi connectivity index (χ1) is 6.15. The second-order valence-corrected chi connectivity index (χ2v) is 2.98. The summed E-state index contributed by atoms with van der Waals surface area (Å²) in [5.74, 6) is -0.0762. The Morgan fingerprint density at radius 3 is 2.85 bits per heavy atom. The highest BCUT2D eigenvalue weighted by Gasteiger charge is 2.09. The minimum absolute atomic E-state index is 0.0315. The number of ketones is 1. The Morgan fingerprint density at radius 2 is 2.23 bits per heavy atom. The number of aryl methyl sites for hydroxylation is 1. The molecule has 0 spiro atoms. The van der Waals surface area contributed by atoms with Crippen LogP contribution < -0.4 is 5.73 Å². The van der Waals surface area contributed by atoms with E-state index in [1.807, 2.05) is 6.92 Å². The van der Waals surface area contributed by atoms with Gasteiger partial charge in [0.05, 0.1) is 5.56 Å². The Hall–Kier alpha value is -1.35. The van der Waals surface area contributed by atoms with E-state index in [9.17, 15) is 9.90 Å². The van der Waals surface area contributed by atoms with Gasteiger partial charge in [-0.2, -0.15) is 0 Å². The quantitative estimate of drug-likeness (QED) is 0.686. The minimum atomic E-state index is -0.108. The van der Waals surface area contributed by atoms with Crippen LogP contribution in [0.2, 0.25) is 0 Å². The third kappa shape index (κ3) is 2.29. The van der Waals surface area contributed by atoms with Crippen LogP contribution in [0.3, 0.4) is 0 Å². The van der Waals surface area contributed by atoms with Gasteiger partial charge in [-0.05, 0) is 25.6 Å². The second kappa shape index (κ2) is 4.05. The Kier molecular flexibility index (Phi) is 3.03. The molecule has 0 bridgehead atoms. The number of benzene rings is 1. The number of phenols is 1. The van der Waals surface area contributed by atoms with Crippen LogP contribution in [-0.2, 0) is 0 Å². The molecule has 0 atom stereocenters. The third-order valence-electron chi connectivity index (χ3n) is 1.82. The molecule has 0 unspecified atom stereocenters. The van der Waals surface area contributed by atoms with Crippen molar-refractivity contribution in [1.29, 1.82) is 0 Å².